The highest BCUT2D eigenvalue weighted by Gasteiger charge is 2.32. The van der Waals surface area contributed by atoms with Gasteiger partial charge in [0, 0.05) is 31.9 Å². The number of hydrogen-bond acceptors (Lipinski definition) is 6. The average Bonchev–Trinajstić information content (AvgIpc) is 3.32. The van der Waals surface area contributed by atoms with E-state index >= 15 is 0 Å². The third-order valence-corrected chi connectivity index (χ3v) is 6.84. The molecule has 0 N–H and O–H groups in total. The standard InChI is InChI=1S/C35H30O6/c1-5-32(36)40-22(3)38-26-18-14-24(15-19-26)28-12-9-13-31-29-10-7-8-11-30(29)34(35(28)31)25-16-20-27(21-17-25)39-23(4)41-33(37)6-2/h5-23,34H,1-2H2,3-4H3. The topological polar surface area (TPSA) is 71.1 Å². The molecule has 0 heterocycles. The highest BCUT2D eigenvalue weighted by molar-refractivity contribution is 5.88. The van der Waals surface area contributed by atoms with Gasteiger partial charge in [0.05, 0.1) is 0 Å². The van der Waals surface area contributed by atoms with Crippen molar-refractivity contribution >= 4 is 11.9 Å². The molecule has 6 heteroatoms. The second-order valence-electron chi connectivity index (χ2n) is 9.53. The minimum atomic E-state index is -0.741. The van der Waals surface area contributed by atoms with Crippen LogP contribution >= 0.6 is 0 Å². The molecule has 1 aliphatic rings. The highest BCUT2D eigenvalue weighted by atomic mass is 16.7. The molecular formula is C35H30O6. The number of fused-ring (bicyclic) bond motifs is 3. The van der Waals surface area contributed by atoms with Crippen molar-refractivity contribution in [2.45, 2.75) is 32.3 Å². The first-order chi connectivity index (χ1) is 19.9. The average molecular weight is 547 g/mol. The summed E-state index contributed by atoms with van der Waals surface area (Å²) in [4.78, 5) is 23.0. The predicted molar refractivity (Wildman–Crippen MR) is 157 cm³/mol. The van der Waals surface area contributed by atoms with Crippen LogP contribution < -0.4 is 9.47 Å². The summed E-state index contributed by atoms with van der Waals surface area (Å²) in [7, 11) is 0. The fourth-order valence-electron chi connectivity index (χ4n) is 5.17. The van der Waals surface area contributed by atoms with Crippen molar-refractivity contribution in [1.29, 1.82) is 0 Å². The molecule has 41 heavy (non-hydrogen) atoms. The van der Waals surface area contributed by atoms with Gasteiger partial charge in [-0.05, 0) is 63.2 Å². The van der Waals surface area contributed by atoms with Gasteiger partial charge in [0.2, 0.25) is 12.6 Å². The van der Waals surface area contributed by atoms with Crippen molar-refractivity contribution in [3.05, 3.63) is 133 Å². The largest absolute Gasteiger partial charge is 0.455 e. The lowest BCUT2D eigenvalue weighted by molar-refractivity contribution is -0.156. The summed E-state index contributed by atoms with van der Waals surface area (Å²) in [6.07, 6.45) is 0.734. The van der Waals surface area contributed by atoms with Crippen molar-refractivity contribution in [2.24, 2.45) is 0 Å². The van der Waals surface area contributed by atoms with E-state index in [0.717, 1.165) is 28.8 Å². The SMILES string of the molecule is C=CC(=O)OC(C)Oc1ccc(-c2cccc3c2C(c2ccc(OC(C)OC(=O)C=C)cc2)c2ccccc2-3)cc1. The third kappa shape index (κ3) is 5.92. The zero-order valence-electron chi connectivity index (χ0n) is 22.9. The quantitative estimate of drug-likeness (QED) is 0.103. The smallest absolute Gasteiger partial charge is 0.333 e. The maximum Gasteiger partial charge on any atom is 0.333 e. The minimum absolute atomic E-state index is 0.0109. The van der Waals surface area contributed by atoms with Gasteiger partial charge in [-0.3, -0.25) is 0 Å². The van der Waals surface area contributed by atoms with Gasteiger partial charge < -0.3 is 18.9 Å². The summed E-state index contributed by atoms with van der Waals surface area (Å²) in [6.45, 7) is 10.1. The van der Waals surface area contributed by atoms with E-state index in [1.807, 2.05) is 48.5 Å². The molecular weight excluding hydrogens is 516 g/mol. The molecule has 0 bridgehead atoms. The Balaban J connectivity index is 1.46. The van der Waals surface area contributed by atoms with Crippen LogP contribution in [0.3, 0.4) is 0 Å². The predicted octanol–water partition coefficient (Wildman–Crippen LogP) is 7.42. The Morgan fingerprint density at radius 2 is 1.17 bits per heavy atom. The molecule has 0 aliphatic heterocycles. The van der Waals surface area contributed by atoms with Crippen molar-refractivity contribution < 1.29 is 28.5 Å². The van der Waals surface area contributed by atoms with Crippen LogP contribution in [0.15, 0.2) is 116 Å². The van der Waals surface area contributed by atoms with Gasteiger partial charge in [0.15, 0.2) is 0 Å². The highest BCUT2D eigenvalue weighted by Crippen LogP contribution is 2.51. The number of carbonyl (C=O) groups is 2. The number of benzene rings is 4. The number of esters is 2. The van der Waals surface area contributed by atoms with Gasteiger partial charge in [0.25, 0.3) is 0 Å². The maximum atomic E-state index is 11.5. The minimum Gasteiger partial charge on any atom is -0.455 e. The van der Waals surface area contributed by atoms with E-state index in [1.165, 1.54) is 22.3 Å². The molecule has 206 valence electrons. The zero-order valence-corrected chi connectivity index (χ0v) is 22.9. The van der Waals surface area contributed by atoms with Crippen LogP contribution in [-0.4, -0.2) is 24.5 Å². The Morgan fingerprint density at radius 3 is 1.76 bits per heavy atom. The Hall–Kier alpha value is -5.10. The van der Waals surface area contributed by atoms with E-state index in [4.69, 9.17) is 18.9 Å². The van der Waals surface area contributed by atoms with Crippen molar-refractivity contribution in [3.63, 3.8) is 0 Å². The molecule has 4 aromatic carbocycles. The van der Waals surface area contributed by atoms with Gasteiger partial charge in [-0.15, -0.1) is 0 Å². The van der Waals surface area contributed by atoms with Crippen LogP contribution in [-0.2, 0) is 19.1 Å². The number of carbonyl (C=O) groups excluding carboxylic acids is 2. The monoisotopic (exact) mass is 546 g/mol. The molecule has 1 aliphatic carbocycles. The summed E-state index contributed by atoms with van der Waals surface area (Å²) in [6, 6.07) is 30.5. The van der Waals surface area contributed by atoms with Crippen molar-refractivity contribution in [3.8, 4) is 33.8 Å². The lowest BCUT2D eigenvalue weighted by Gasteiger charge is -2.20. The third-order valence-electron chi connectivity index (χ3n) is 6.84. The summed E-state index contributed by atoms with van der Waals surface area (Å²) in [5.41, 5.74) is 8.13. The molecule has 0 radical (unpaired) electrons. The van der Waals surface area contributed by atoms with Gasteiger partial charge in [0.1, 0.15) is 11.5 Å². The summed E-state index contributed by atoms with van der Waals surface area (Å²) in [5, 5.41) is 0. The fraction of sp³-hybridized carbons (Fsp3) is 0.143. The zero-order chi connectivity index (χ0) is 28.9. The lowest BCUT2D eigenvalue weighted by atomic mass is 9.85. The first kappa shape index (κ1) is 27.5. The Bertz CT molecular complexity index is 1590. The number of hydrogen-bond donors (Lipinski definition) is 0. The second kappa shape index (κ2) is 12.0. The van der Waals surface area contributed by atoms with E-state index in [9.17, 15) is 9.59 Å². The molecule has 6 nitrogen and oxygen atoms in total. The maximum absolute atomic E-state index is 11.5. The number of rotatable bonds is 10. The van der Waals surface area contributed by atoms with E-state index in [0.29, 0.717) is 11.5 Å². The summed E-state index contributed by atoms with van der Waals surface area (Å²) < 4.78 is 21.8. The Labute approximate surface area is 239 Å². The van der Waals surface area contributed by atoms with E-state index in [2.05, 4.69) is 55.6 Å². The van der Waals surface area contributed by atoms with Gasteiger partial charge in [-0.25, -0.2) is 9.59 Å². The molecule has 0 spiro atoms. The molecule has 0 amide bonds. The number of ether oxygens (including phenoxy) is 4. The van der Waals surface area contributed by atoms with E-state index in [1.54, 1.807) is 13.8 Å². The van der Waals surface area contributed by atoms with E-state index in [-0.39, 0.29) is 5.92 Å². The Kier molecular flexibility index (Phi) is 8.01. The Morgan fingerprint density at radius 1 is 0.659 bits per heavy atom. The van der Waals surface area contributed by atoms with Gasteiger partial charge >= 0.3 is 11.9 Å². The summed E-state index contributed by atoms with van der Waals surface area (Å²) >= 11 is 0. The molecule has 3 unspecified atom stereocenters. The van der Waals surface area contributed by atoms with Gasteiger partial charge in [-0.2, -0.15) is 0 Å². The first-order valence-corrected chi connectivity index (χ1v) is 13.3. The van der Waals surface area contributed by atoms with Crippen LogP contribution in [0.25, 0.3) is 22.3 Å². The molecule has 3 atom stereocenters. The van der Waals surface area contributed by atoms with Gasteiger partial charge in [-0.1, -0.05) is 79.9 Å². The van der Waals surface area contributed by atoms with Crippen molar-refractivity contribution in [1.82, 2.24) is 0 Å². The second-order valence-corrected chi connectivity index (χ2v) is 9.53. The molecule has 0 saturated carbocycles. The fourth-order valence-corrected chi connectivity index (χ4v) is 5.17. The molecule has 0 saturated heterocycles. The van der Waals surface area contributed by atoms with Crippen LogP contribution in [0.2, 0.25) is 0 Å². The van der Waals surface area contributed by atoms with Crippen LogP contribution in [0, 0.1) is 0 Å². The lowest BCUT2D eigenvalue weighted by Crippen LogP contribution is -2.19. The van der Waals surface area contributed by atoms with Crippen LogP contribution in [0.5, 0.6) is 11.5 Å². The van der Waals surface area contributed by atoms with Crippen molar-refractivity contribution in [2.75, 3.05) is 0 Å². The van der Waals surface area contributed by atoms with Crippen LogP contribution in [0.4, 0.5) is 0 Å². The first-order valence-electron chi connectivity index (χ1n) is 13.3. The molecule has 5 rings (SSSR count). The summed E-state index contributed by atoms with van der Waals surface area (Å²) in [5.74, 6) is 0.128. The normalized spacial score (nSPS) is 14.5. The molecule has 4 aromatic rings. The molecule has 0 fully saturated rings. The van der Waals surface area contributed by atoms with E-state index < -0.39 is 24.5 Å². The van der Waals surface area contributed by atoms with Crippen LogP contribution in [0.1, 0.15) is 36.5 Å². The molecule has 0 aromatic heterocycles.